The highest BCUT2D eigenvalue weighted by atomic mass is 35.5. The molecule has 2 aliphatic rings. The van der Waals surface area contributed by atoms with Crippen LogP contribution in [0.15, 0.2) is 122 Å². The molecule has 23 nitrogen and oxygen atoms in total. The molecular weight excluding hydrogens is 936 g/mol. The average molecular weight is 985 g/mol. The Balaban J connectivity index is 0.000000214. The van der Waals surface area contributed by atoms with Crippen molar-refractivity contribution < 1.29 is 53.7 Å². The van der Waals surface area contributed by atoms with Crippen molar-refractivity contribution in [3.05, 3.63) is 153 Å². The quantitative estimate of drug-likeness (QED) is 0.0798. The van der Waals surface area contributed by atoms with Crippen molar-refractivity contribution in [1.82, 2.24) is 30.2 Å². The van der Waals surface area contributed by atoms with Crippen LogP contribution in [0, 0.1) is 20.2 Å². The van der Waals surface area contributed by atoms with Gasteiger partial charge in [0.15, 0.2) is 41.1 Å². The Bertz CT molecular complexity index is 2660. The second-order valence-electron chi connectivity index (χ2n) is 14.9. The van der Waals surface area contributed by atoms with Gasteiger partial charge in [0, 0.05) is 69.6 Å². The number of carboxylic acid groups (broad SMARTS) is 1. The summed E-state index contributed by atoms with van der Waals surface area (Å²) in [7, 11) is 2.92. The van der Waals surface area contributed by atoms with E-state index in [0.717, 1.165) is 18.8 Å². The smallest absolute Gasteiger partial charge is 0.363 e. The Labute approximate surface area is 406 Å². The minimum Gasteiger partial charge on any atom is -0.493 e. The lowest BCUT2D eigenvalue weighted by atomic mass is 10.1. The summed E-state index contributed by atoms with van der Waals surface area (Å²) in [5.74, 6) is 0.820. The maximum absolute atomic E-state index is 13.2. The fourth-order valence-electron chi connectivity index (χ4n) is 6.98. The van der Waals surface area contributed by atoms with Gasteiger partial charge in [0.05, 0.1) is 57.2 Å². The van der Waals surface area contributed by atoms with Crippen LogP contribution >= 0.6 is 12.4 Å². The number of carboxylic acids is 1. The number of hydrogen-bond donors (Lipinski definition) is 4. The Morgan fingerprint density at radius 3 is 1.60 bits per heavy atom. The summed E-state index contributed by atoms with van der Waals surface area (Å²) in [6.45, 7) is 3.22. The molecule has 0 unspecified atom stereocenters. The zero-order chi connectivity index (χ0) is 49.3. The highest BCUT2D eigenvalue weighted by molar-refractivity contribution is 5.93. The molecule has 24 heteroatoms. The Kier molecular flexibility index (Phi) is 19.4. The zero-order valence-corrected chi connectivity index (χ0v) is 38.5. The predicted octanol–water partition coefficient (Wildman–Crippen LogP) is 5.27. The molecule has 368 valence electrons. The summed E-state index contributed by atoms with van der Waals surface area (Å²) in [5, 5.41) is 52.3. The molecule has 4 N–H and O–H groups in total. The number of aromatic nitrogens is 4. The van der Waals surface area contributed by atoms with Crippen molar-refractivity contribution in [2.45, 2.75) is 12.1 Å². The van der Waals surface area contributed by atoms with E-state index in [2.05, 4.69) is 25.3 Å². The van der Waals surface area contributed by atoms with Crippen LogP contribution in [0.3, 0.4) is 0 Å². The molecular formula is C46H49ClN10O13. The number of carbonyl (C=O) groups is 2. The van der Waals surface area contributed by atoms with Crippen molar-refractivity contribution in [3.63, 3.8) is 0 Å². The van der Waals surface area contributed by atoms with Crippen molar-refractivity contribution in [3.8, 4) is 34.5 Å². The van der Waals surface area contributed by atoms with Crippen molar-refractivity contribution in [2.24, 2.45) is 0 Å². The van der Waals surface area contributed by atoms with Crippen LogP contribution in [0.4, 0.5) is 23.0 Å². The summed E-state index contributed by atoms with van der Waals surface area (Å²) in [6.07, 6.45) is 5.68. The van der Waals surface area contributed by atoms with E-state index in [1.165, 1.54) is 63.3 Å². The molecule has 0 bridgehead atoms. The number of nitrogens with one attached hydrogen (secondary N) is 1. The number of carbonyl (C=O) groups excluding carboxylic acids is 1. The molecule has 2 aliphatic heterocycles. The number of hydrogen-bond acceptors (Lipinski definition) is 19. The van der Waals surface area contributed by atoms with Gasteiger partial charge in [-0.3, -0.25) is 4.79 Å². The normalized spacial score (nSPS) is 15.1. The van der Waals surface area contributed by atoms with Crippen molar-refractivity contribution >= 4 is 47.3 Å². The summed E-state index contributed by atoms with van der Waals surface area (Å²) in [4.78, 5) is 65.4. The van der Waals surface area contributed by atoms with Gasteiger partial charge in [-0.15, -0.1) is 12.4 Å². The fourth-order valence-corrected chi connectivity index (χ4v) is 6.98. The number of nitro groups is 2. The molecule has 0 spiro atoms. The molecule has 2 atom stereocenters. The third-order valence-corrected chi connectivity index (χ3v) is 10.5. The van der Waals surface area contributed by atoms with Gasteiger partial charge < -0.3 is 74.5 Å². The van der Waals surface area contributed by atoms with Gasteiger partial charge in [-0.25, -0.2) is 14.8 Å². The van der Waals surface area contributed by atoms with E-state index >= 15 is 0 Å². The van der Waals surface area contributed by atoms with E-state index in [1.807, 2.05) is 46.2 Å². The second-order valence-corrected chi connectivity index (χ2v) is 14.9. The maximum Gasteiger partial charge on any atom is 0.363 e. The first kappa shape index (κ1) is 52.7. The van der Waals surface area contributed by atoms with Gasteiger partial charge in [0.1, 0.15) is 17.2 Å². The Hall–Kier alpha value is -8.25. The van der Waals surface area contributed by atoms with Crippen LogP contribution < -0.4 is 34.1 Å². The fraction of sp³-hybridized carbons (Fsp3) is 0.261. The van der Waals surface area contributed by atoms with E-state index in [9.17, 15) is 34.9 Å². The topological polar surface area (TPSA) is 291 Å². The van der Waals surface area contributed by atoms with Gasteiger partial charge in [-0.2, -0.15) is 0 Å². The van der Waals surface area contributed by atoms with Gasteiger partial charge in [-0.1, -0.05) is 36.4 Å². The van der Waals surface area contributed by atoms with E-state index in [4.69, 9.17) is 29.2 Å². The minimum absolute atomic E-state index is 0. The molecule has 1 amide bonds. The molecule has 6 aromatic rings. The average Bonchev–Trinajstić information content (AvgIpc) is 3.39. The Morgan fingerprint density at radius 2 is 1.16 bits per heavy atom. The highest BCUT2D eigenvalue weighted by Gasteiger charge is 2.32. The summed E-state index contributed by atoms with van der Waals surface area (Å²) < 4.78 is 21.8. The van der Waals surface area contributed by atoms with Crippen LogP contribution in [0.2, 0.25) is 0 Å². The van der Waals surface area contributed by atoms with E-state index in [-0.39, 0.29) is 60.6 Å². The molecule has 0 radical (unpaired) electrons. The molecule has 4 aromatic heterocycles. The number of halogens is 1. The molecule has 70 heavy (non-hydrogen) atoms. The lowest BCUT2D eigenvalue weighted by Crippen LogP contribution is -2.57. The monoisotopic (exact) mass is 984 g/mol. The van der Waals surface area contributed by atoms with E-state index in [0.29, 0.717) is 66.4 Å². The molecule has 0 aliphatic carbocycles. The lowest BCUT2D eigenvalue weighted by molar-refractivity contribution is -0.389. The highest BCUT2D eigenvalue weighted by Crippen LogP contribution is 2.33. The first-order valence-electron chi connectivity index (χ1n) is 21.1. The number of para-hydroxylation sites is 2. The number of anilines is 2. The van der Waals surface area contributed by atoms with Gasteiger partial charge in [0.2, 0.25) is 0 Å². The summed E-state index contributed by atoms with van der Waals surface area (Å²) in [6, 6.07) is 26.6. The van der Waals surface area contributed by atoms with Gasteiger partial charge >= 0.3 is 17.6 Å². The number of amides is 1. The lowest BCUT2D eigenvalue weighted by Gasteiger charge is -2.41. The summed E-state index contributed by atoms with van der Waals surface area (Å²) in [5.41, 5.74) is 1.60. The molecule has 8 rings (SSSR count). The third-order valence-electron chi connectivity index (χ3n) is 10.5. The standard InChI is InChI=1S/C23H23N5O6.C13H11NO4.C10H14N4O3.ClH/c1-33-20-11-19(24-13-21(20)34-18-5-3-2-4-6-18)23(30)27-10-9-26(14-17(27)15-29)16-7-8-22(25-12-16)28(31)32;1-17-11-7-10(13(15)16)14-8-12(11)18-9-5-3-2-4-6-9;15-7-8-6-13(4-3-11-8)9-1-2-10(12-5-9)14(16)17;/h2-8,11-13,17,29H,9-10,14-15H2,1H3;2-8H,1H3,(H,15,16);1-2,5,8,11,15H,3-4,6-7H2;1H/t17-;;8-;/m1.1./s1. The molecule has 0 saturated carbocycles. The SMILES string of the molecule is COc1cc(C(=O)N2CCN(c3ccc([N+](=O)[O-])nc3)C[C@@H]2CO)ncc1Oc1ccccc1.COc1cc(C(=O)O)ncc1Oc1ccccc1.Cl.O=[N+]([O-])c1ccc(N2CCN[C@@H](CO)C2)cn1. The van der Waals surface area contributed by atoms with Crippen LogP contribution in [-0.4, -0.2) is 141 Å². The first-order chi connectivity index (χ1) is 33.4. The van der Waals surface area contributed by atoms with Gasteiger partial charge in [0.25, 0.3) is 5.91 Å². The third kappa shape index (κ3) is 14.1. The van der Waals surface area contributed by atoms with E-state index in [1.54, 1.807) is 41.3 Å². The zero-order valence-electron chi connectivity index (χ0n) is 37.7. The number of piperazine rings is 2. The number of benzene rings is 2. The largest absolute Gasteiger partial charge is 0.493 e. The minimum atomic E-state index is -1.11. The number of nitrogens with zero attached hydrogens (tertiary/aromatic N) is 9. The van der Waals surface area contributed by atoms with E-state index < -0.39 is 21.9 Å². The van der Waals surface area contributed by atoms with Crippen molar-refractivity contribution in [1.29, 1.82) is 0 Å². The number of methoxy groups -OCH3 is 2. The van der Waals surface area contributed by atoms with Crippen LogP contribution in [-0.2, 0) is 0 Å². The Morgan fingerprint density at radius 1 is 0.657 bits per heavy atom. The number of aromatic carboxylic acids is 1. The number of rotatable bonds is 14. The molecule has 2 aromatic carbocycles. The molecule has 2 saturated heterocycles. The number of ether oxygens (including phenoxy) is 4. The summed E-state index contributed by atoms with van der Waals surface area (Å²) >= 11 is 0. The van der Waals surface area contributed by atoms with Gasteiger partial charge in [-0.05, 0) is 56.2 Å². The predicted molar refractivity (Wildman–Crippen MR) is 256 cm³/mol. The number of aliphatic hydroxyl groups is 2. The van der Waals surface area contributed by atoms with Crippen molar-refractivity contribution in [2.75, 3.05) is 76.5 Å². The number of pyridine rings is 4. The van der Waals surface area contributed by atoms with Crippen LogP contribution in [0.5, 0.6) is 34.5 Å². The molecule has 6 heterocycles. The van der Waals surface area contributed by atoms with Crippen LogP contribution in [0.1, 0.15) is 21.0 Å². The maximum atomic E-state index is 13.2. The second kappa shape index (κ2) is 25.8. The first-order valence-corrected chi connectivity index (χ1v) is 21.1. The number of aliphatic hydroxyl groups excluding tert-OH is 2. The molecule has 2 fully saturated rings. The van der Waals surface area contributed by atoms with Crippen LogP contribution in [0.25, 0.3) is 0 Å².